The summed E-state index contributed by atoms with van der Waals surface area (Å²) in [6, 6.07) is 0. The van der Waals surface area contributed by atoms with E-state index < -0.39 is 18.4 Å². The van der Waals surface area contributed by atoms with Crippen LogP contribution in [-0.2, 0) is 6.54 Å². The van der Waals surface area contributed by atoms with Crippen molar-refractivity contribution in [2.75, 3.05) is 0 Å². The Morgan fingerprint density at radius 1 is 1.45 bits per heavy atom. The van der Waals surface area contributed by atoms with Gasteiger partial charge in [-0.15, -0.1) is 0 Å². The molecule has 62 valence electrons. The molecule has 1 rings (SSSR count). The van der Waals surface area contributed by atoms with Crippen LogP contribution in [0.15, 0.2) is 12.4 Å². The third-order valence-corrected chi connectivity index (χ3v) is 6.74. The molecule has 0 amide bonds. The number of hydrogen-bond donors (Lipinski definition) is 0. The number of hydrogen-bond acceptors (Lipinski definition) is 1. The number of aryl methyl sites for hydroxylation is 1. The maximum absolute atomic E-state index is 4.41. The van der Waals surface area contributed by atoms with Gasteiger partial charge in [0.05, 0.1) is 0 Å². The van der Waals surface area contributed by atoms with E-state index in [0.29, 0.717) is 0 Å². The summed E-state index contributed by atoms with van der Waals surface area (Å²) in [7, 11) is 0. The van der Waals surface area contributed by atoms with Gasteiger partial charge in [-0.1, -0.05) is 0 Å². The van der Waals surface area contributed by atoms with Crippen LogP contribution >= 0.6 is 0 Å². The van der Waals surface area contributed by atoms with E-state index in [1.54, 1.807) is 0 Å². The first-order valence-corrected chi connectivity index (χ1v) is 14.1. The average molecular weight is 259 g/mol. The van der Waals surface area contributed by atoms with Crippen molar-refractivity contribution in [1.29, 1.82) is 0 Å². The molecule has 0 saturated heterocycles. The molecule has 1 heterocycles. The van der Waals surface area contributed by atoms with Crippen LogP contribution in [-0.4, -0.2) is 27.9 Å². The van der Waals surface area contributed by atoms with Crippen LogP contribution < -0.4 is 3.84 Å². The summed E-state index contributed by atoms with van der Waals surface area (Å²) >= 11 is -1.89. The fourth-order valence-corrected chi connectivity index (χ4v) is 5.65. The van der Waals surface area contributed by atoms with Gasteiger partial charge >= 0.3 is 72.4 Å². The maximum atomic E-state index is 4.41. The topological polar surface area (TPSA) is 17.8 Å². The molecule has 1 aromatic heterocycles. The summed E-state index contributed by atoms with van der Waals surface area (Å²) in [5, 5.41) is 0. The molecule has 2 nitrogen and oxygen atoms in total. The Hall–Kier alpha value is 0.00870. The fourth-order valence-electron chi connectivity index (χ4n) is 1.21. The predicted molar refractivity (Wildman–Crippen MR) is 50.9 cm³/mol. The van der Waals surface area contributed by atoms with Crippen molar-refractivity contribution in [2.24, 2.45) is 0 Å². The van der Waals surface area contributed by atoms with Crippen molar-refractivity contribution >= 4 is 22.2 Å². The zero-order valence-corrected chi connectivity index (χ0v) is 10.6. The van der Waals surface area contributed by atoms with Crippen molar-refractivity contribution in [1.82, 2.24) is 9.55 Å². The van der Waals surface area contributed by atoms with Gasteiger partial charge in [0.1, 0.15) is 0 Å². The Bertz CT molecular complexity index is 234. The van der Waals surface area contributed by atoms with Gasteiger partial charge in [0.15, 0.2) is 0 Å². The molecule has 0 atom stereocenters. The van der Waals surface area contributed by atoms with Crippen LogP contribution in [0.4, 0.5) is 0 Å². The average Bonchev–Trinajstić information content (AvgIpc) is 2.31. The van der Waals surface area contributed by atoms with Crippen molar-refractivity contribution in [3.05, 3.63) is 12.4 Å². The molecule has 0 unspecified atom stereocenters. The van der Waals surface area contributed by atoms with E-state index in [0.717, 1.165) is 6.54 Å². The van der Waals surface area contributed by atoms with Crippen LogP contribution in [0, 0.1) is 0 Å². The molecule has 0 aliphatic rings. The van der Waals surface area contributed by atoms with Crippen LogP contribution in [0.1, 0.15) is 6.92 Å². The van der Waals surface area contributed by atoms with Gasteiger partial charge in [-0.3, -0.25) is 0 Å². The summed E-state index contributed by atoms with van der Waals surface area (Å²) in [5.74, 6) is 0. The van der Waals surface area contributed by atoms with Gasteiger partial charge in [0, 0.05) is 0 Å². The SMILES string of the molecule is CCn1ccn[c]1[Sn]([CH3])([CH3])[CH3]. The molecule has 3 heteroatoms. The summed E-state index contributed by atoms with van der Waals surface area (Å²) < 4.78 is 3.65. The van der Waals surface area contributed by atoms with Crippen LogP contribution in [0.5, 0.6) is 0 Å². The third-order valence-electron chi connectivity index (χ3n) is 1.73. The minimum absolute atomic E-state index is 1.06. The molecule has 0 aliphatic heterocycles. The van der Waals surface area contributed by atoms with Crippen molar-refractivity contribution < 1.29 is 0 Å². The van der Waals surface area contributed by atoms with Gasteiger partial charge in [-0.25, -0.2) is 0 Å². The molecular formula is C8H16N2Sn. The molecule has 0 radical (unpaired) electrons. The molecule has 11 heavy (non-hydrogen) atoms. The Balaban J connectivity index is 3.02. The molecule has 0 aromatic carbocycles. The van der Waals surface area contributed by atoms with Crippen LogP contribution in [0.25, 0.3) is 0 Å². The minimum atomic E-state index is -1.89. The van der Waals surface area contributed by atoms with Crippen LogP contribution in [0.2, 0.25) is 14.8 Å². The van der Waals surface area contributed by atoms with Crippen molar-refractivity contribution in [3.8, 4) is 0 Å². The Kier molecular flexibility index (Phi) is 2.62. The zero-order chi connectivity index (χ0) is 8.48. The zero-order valence-electron chi connectivity index (χ0n) is 7.76. The second kappa shape index (κ2) is 3.17. The molecule has 0 saturated carbocycles. The summed E-state index contributed by atoms with van der Waals surface area (Å²) in [6.45, 7) is 3.23. The Labute approximate surface area is 72.5 Å². The molecule has 0 N–H and O–H groups in total. The van der Waals surface area contributed by atoms with Gasteiger partial charge in [-0.2, -0.15) is 0 Å². The summed E-state index contributed by atoms with van der Waals surface area (Å²) in [4.78, 5) is 11.6. The van der Waals surface area contributed by atoms with Crippen molar-refractivity contribution in [3.63, 3.8) is 0 Å². The van der Waals surface area contributed by atoms with Gasteiger partial charge in [0.25, 0.3) is 0 Å². The summed E-state index contributed by atoms with van der Waals surface area (Å²) in [6.07, 6.45) is 4.00. The first-order chi connectivity index (χ1) is 5.05. The predicted octanol–water partition coefficient (Wildman–Crippen LogP) is 1.45. The van der Waals surface area contributed by atoms with Gasteiger partial charge < -0.3 is 0 Å². The van der Waals surface area contributed by atoms with E-state index in [1.165, 1.54) is 3.84 Å². The first kappa shape index (κ1) is 9.10. The monoisotopic (exact) mass is 260 g/mol. The van der Waals surface area contributed by atoms with Crippen molar-refractivity contribution in [2.45, 2.75) is 28.3 Å². The molecule has 0 aliphatic carbocycles. The quantitative estimate of drug-likeness (QED) is 0.735. The fraction of sp³-hybridized carbons (Fsp3) is 0.625. The second-order valence-electron chi connectivity index (χ2n) is 3.79. The Morgan fingerprint density at radius 2 is 2.09 bits per heavy atom. The second-order valence-corrected chi connectivity index (χ2v) is 17.9. The van der Waals surface area contributed by atoms with Gasteiger partial charge in [-0.05, 0) is 0 Å². The number of nitrogens with zero attached hydrogens (tertiary/aromatic N) is 2. The normalized spacial score (nSPS) is 12.0. The van der Waals surface area contributed by atoms with E-state index in [-0.39, 0.29) is 0 Å². The summed E-state index contributed by atoms with van der Waals surface area (Å²) in [5.41, 5.74) is 0. The standard InChI is InChI=1S/C5H7N2.3CH3.Sn/c1-2-7-4-3-6-5-7;;;;/h3-4H,2H2,1H3;3*1H3;. The van der Waals surface area contributed by atoms with E-state index in [1.807, 2.05) is 6.20 Å². The molecule has 0 spiro atoms. The van der Waals surface area contributed by atoms with E-state index >= 15 is 0 Å². The van der Waals surface area contributed by atoms with E-state index in [2.05, 4.69) is 37.5 Å². The molecule has 0 bridgehead atoms. The van der Waals surface area contributed by atoms with E-state index in [4.69, 9.17) is 0 Å². The first-order valence-electron chi connectivity index (χ1n) is 4.07. The number of aromatic nitrogens is 2. The number of imidazole rings is 1. The number of rotatable bonds is 2. The molecule has 1 aromatic rings. The van der Waals surface area contributed by atoms with Gasteiger partial charge in [0.2, 0.25) is 0 Å². The third kappa shape index (κ3) is 1.98. The molecule has 0 fully saturated rings. The van der Waals surface area contributed by atoms with E-state index in [9.17, 15) is 0 Å². The molecular weight excluding hydrogens is 243 g/mol. The Morgan fingerprint density at radius 3 is 2.45 bits per heavy atom. The van der Waals surface area contributed by atoms with Crippen LogP contribution in [0.3, 0.4) is 0 Å².